The van der Waals surface area contributed by atoms with Crippen LogP contribution in [0, 0.1) is 0 Å². The molecule has 2 aromatic rings. The minimum atomic E-state index is 0.604. The zero-order valence-corrected chi connectivity index (χ0v) is 10.6. The maximum absolute atomic E-state index is 5.79. The molecule has 2 nitrogen and oxygen atoms in total. The van der Waals surface area contributed by atoms with Gasteiger partial charge in [0.05, 0.1) is 4.88 Å². The van der Waals surface area contributed by atoms with Crippen molar-refractivity contribution in [2.75, 3.05) is 6.26 Å². The Kier molecular flexibility index (Phi) is 3.61. The van der Waals surface area contributed by atoms with E-state index < -0.39 is 0 Å². The summed E-state index contributed by atoms with van der Waals surface area (Å²) in [5.41, 5.74) is 0. The third-order valence-corrected chi connectivity index (χ3v) is 3.85. The van der Waals surface area contributed by atoms with Crippen LogP contribution in [0.25, 0.3) is 0 Å². The lowest BCUT2D eigenvalue weighted by molar-refractivity contribution is -0.724. The van der Waals surface area contributed by atoms with Crippen molar-refractivity contribution in [3.8, 4) is 0 Å². The molecule has 0 N–H and O–H groups in total. The lowest BCUT2D eigenvalue weighted by atomic mass is 10.4. The summed E-state index contributed by atoms with van der Waals surface area (Å²) in [5.74, 6) is 0. The van der Waals surface area contributed by atoms with Crippen molar-refractivity contribution in [1.82, 2.24) is 4.98 Å². The van der Waals surface area contributed by atoms with Crippen LogP contribution in [0.1, 0.15) is 4.88 Å². The number of nitrogens with zero attached hydrogens (tertiary/aromatic N) is 2. The number of pyridine rings is 1. The molecule has 0 aliphatic rings. The Morgan fingerprint density at radius 1 is 1.53 bits per heavy atom. The van der Waals surface area contributed by atoms with Gasteiger partial charge in [-0.3, -0.25) is 0 Å². The average molecular weight is 258 g/mol. The average Bonchev–Trinajstić information content (AvgIpc) is 2.65. The second-order valence-electron chi connectivity index (χ2n) is 2.95. The van der Waals surface area contributed by atoms with E-state index in [4.69, 9.17) is 11.6 Å². The Labute approximate surface area is 102 Å². The second kappa shape index (κ2) is 4.96. The second-order valence-corrected chi connectivity index (χ2v) is 5.47. The Hall–Kier alpha value is -0.580. The van der Waals surface area contributed by atoms with Crippen molar-refractivity contribution in [3.05, 3.63) is 39.9 Å². The highest BCUT2D eigenvalue weighted by atomic mass is 35.5. The van der Waals surface area contributed by atoms with E-state index in [0.29, 0.717) is 4.47 Å². The normalized spacial score (nSPS) is 10.5. The summed E-state index contributed by atoms with van der Waals surface area (Å²) >= 11 is 9.05. The summed E-state index contributed by atoms with van der Waals surface area (Å²) in [4.78, 5) is 5.20. The highest BCUT2D eigenvalue weighted by Gasteiger charge is 2.10. The molecular weight excluding hydrogens is 248 g/mol. The van der Waals surface area contributed by atoms with E-state index in [1.165, 1.54) is 21.2 Å². The molecule has 0 saturated carbocycles. The summed E-state index contributed by atoms with van der Waals surface area (Å²) < 4.78 is 2.79. The van der Waals surface area contributed by atoms with E-state index in [2.05, 4.69) is 28.1 Å². The van der Waals surface area contributed by atoms with Crippen LogP contribution in [0.4, 0.5) is 0 Å². The summed E-state index contributed by atoms with van der Waals surface area (Å²) in [7, 11) is 0. The molecule has 78 valence electrons. The van der Waals surface area contributed by atoms with E-state index in [0.717, 1.165) is 6.54 Å². The van der Waals surface area contributed by atoms with Crippen molar-refractivity contribution in [2.45, 2.75) is 11.6 Å². The topological polar surface area (TPSA) is 16.8 Å². The highest BCUT2D eigenvalue weighted by molar-refractivity contribution is 7.98. The molecule has 0 saturated heterocycles. The molecule has 2 aromatic heterocycles. The lowest BCUT2D eigenvalue weighted by Gasteiger charge is -1.98. The number of aromatic nitrogens is 2. The number of rotatable bonds is 3. The summed E-state index contributed by atoms with van der Waals surface area (Å²) in [6, 6.07) is 6.18. The van der Waals surface area contributed by atoms with E-state index >= 15 is 0 Å². The van der Waals surface area contributed by atoms with E-state index in [1.807, 2.05) is 18.3 Å². The fourth-order valence-corrected chi connectivity index (χ4v) is 2.85. The highest BCUT2D eigenvalue weighted by Crippen LogP contribution is 2.18. The van der Waals surface area contributed by atoms with Crippen LogP contribution in [0.5, 0.6) is 0 Å². The maximum Gasteiger partial charge on any atom is 0.240 e. The SMILES string of the molecule is CSc1cccc[n+]1Cc1cnc(Cl)s1. The van der Waals surface area contributed by atoms with Crippen LogP contribution in [0.15, 0.2) is 35.6 Å². The Balaban J connectivity index is 2.23. The molecule has 0 spiro atoms. The number of halogens is 1. The molecule has 0 aliphatic carbocycles. The Bertz CT molecular complexity index is 456. The Morgan fingerprint density at radius 3 is 3.07 bits per heavy atom. The van der Waals surface area contributed by atoms with Crippen LogP contribution in [-0.2, 0) is 6.54 Å². The van der Waals surface area contributed by atoms with E-state index in [1.54, 1.807) is 11.8 Å². The van der Waals surface area contributed by atoms with Gasteiger partial charge in [-0.15, -0.1) is 11.3 Å². The van der Waals surface area contributed by atoms with Gasteiger partial charge in [-0.2, -0.15) is 4.57 Å². The fourth-order valence-electron chi connectivity index (χ4n) is 1.30. The van der Waals surface area contributed by atoms with Gasteiger partial charge in [-0.1, -0.05) is 23.4 Å². The number of hydrogen-bond acceptors (Lipinski definition) is 3. The van der Waals surface area contributed by atoms with Crippen molar-refractivity contribution in [1.29, 1.82) is 0 Å². The van der Waals surface area contributed by atoms with Gasteiger partial charge in [0.15, 0.2) is 17.2 Å². The molecule has 2 heterocycles. The minimum absolute atomic E-state index is 0.604. The first-order chi connectivity index (χ1) is 7.29. The molecule has 0 aliphatic heterocycles. The van der Waals surface area contributed by atoms with Crippen LogP contribution in [-0.4, -0.2) is 11.2 Å². The van der Waals surface area contributed by atoms with Gasteiger partial charge in [0.25, 0.3) is 0 Å². The summed E-state index contributed by atoms with van der Waals surface area (Å²) in [6.45, 7) is 0.835. The van der Waals surface area contributed by atoms with Crippen LogP contribution < -0.4 is 4.57 Å². The summed E-state index contributed by atoms with van der Waals surface area (Å²) in [5, 5.41) is 1.24. The monoisotopic (exact) mass is 257 g/mol. The van der Waals surface area contributed by atoms with E-state index in [9.17, 15) is 0 Å². The zero-order valence-electron chi connectivity index (χ0n) is 8.18. The standard InChI is InChI=1S/C10H10ClN2S2/c1-14-9-4-2-3-5-13(9)7-8-6-12-10(11)15-8/h2-6H,7H2,1H3/q+1. The Morgan fingerprint density at radius 2 is 2.40 bits per heavy atom. The molecular formula is C10H10ClN2S2+. The number of thiazole rings is 1. The van der Waals surface area contributed by atoms with Crippen molar-refractivity contribution in [2.24, 2.45) is 0 Å². The molecule has 5 heteroatoms. The van der Waals surface area contributed by atoms with Gasteiger partial charge in [0.2, 0.25) is 5.03 Å². The quantitative estimate of drug-likeness (QED) is 0.621. The molecule has 0 atom stereocenters. The third-order valence-electron chi connectivity index (χ3n) is 1.96. The molecule has 0 radical (unpaired) electrons. The first kappa shape index (κ1) is 10.9. The fraction of sp³-hybridized carbons (Fsp3) is 0.200. The van der Waals surface area contributed by atoms with Crippen LogP contribution in [0.2, 0.25) is 4.47 Å². The maximum atomic E-state index is 5.79. The van der Waals surface area contributed by atoms with Gasteiger partial charge < -0.3 is 0 Å². The van der Waals surface area contributed by atoms with Gasteiger partial charge in [0, 0.05) is 18.3 Å². The number of hydrogen-bond donors (Lipinski definition) is 0. The van der Waals surface area contributed by atoms with Gasteiger partial charge in [0.1, 0.15) is 0 Å². The van der Waals surface area contributed by atoms with Crippen molar-refractivity contribution in [3.63, 3.8) is 0 Å². The van der Waals surface area contributed by atoms with Crippen LogP contribution in [0.3, 0.4) is 0 Å². The lowest BCUT2D eigenvalue weighted by Crippen LogP contribution is -2.35. The first-order valence-electron chi connectivity index (χ1n) is 4.42. The smallest absolute Gasteiger partial charge is 0.233 e. The third kappa shape index (κ3) is 2.71. The van der Waals surface area contributed by atoms with E-state index in [-0.39, 0.29) is 0 Å². The first-order valence-corrected chi connectivity index (χ1v) is 6.84. The van der Waals surface area contributed by atoms with Crippen molar-refractivity contribution >= 4 is 34.7 Å². The minimum Gasteiger partial charge on any atom is -0.233 e. The molecule has 0 aromatic carbocycles. The molecule has 0 bridgehead atoms. The zero-order chi connectivity index (χ0) is 10.7. The predicted octanol–water partition coefficient (Wildman–Crippen LogP) is 2.85. The molecule has 15 heavy (non-hydrogen) atoms. The molecule has 0 unspecified atom stereocenters. The van der Waals surface area contributed by atoms with Gasteiger partial charge in [-0.25, -0.2) is 4.98 Å². The molecule has 0 fully saturated rings. The molecule has 0 amide bonds. The van der Waals surface area contributed by atoms with Gasteiger partial charge in [-0.05, 0) is 12.3 Å². The number of thioether (sulfide) groups is 1. The largest absolute Gasteiger partial charge is 0.240 e. The summed E-state index contributed by atoms with van der Waals surface area (Å²) in [6.07, 6.45) is 5.97. The molecule has 2 rings (SSSR count). The van der Waals surface area contributed by atoms with Crippen LogP contribution >= 0.6 is 34.7 Å². The van der Waals surface area contributed by atoms with Crippen molar-refractivity contribution < 1.29 is 4.57 Å². The van der Waals surface area contributed by atoms with Gasteiger partial charge >= 0.3 is 0 Å². The predicted molar refractivity (Wildman–Crippen MR) is 64.6 cm³/mol.